The fourth-order valence-electron chi connectivity index (χ4n) is 2.80. The van der Waals surface area contributed by atoms with Gasteiger partial charge in [0.25, 0.3) is 5.91 Å². The van der Waals surface area contributed by atoms with E-state index in [2.05, 4.69) is 10.3 Å². The van der Waals surface area contributed by atoms with Crippen LogP contribution in [0.15, 0.2) is 54.9 Å². The summed E-state index contributed by atoms with van der Waals surface area (Å²) in [5.74, 6) is -1.09. The summed E-state index contributed by atoms with van der Waals surface area (Å²) in [7, 11) is 0. The monoisotopic (exact) mass is 351 g/mol. The summed E-state index contributed by atoms with van der Waals surface area (Å²) >= 11 is 0. The predicted molar refractivity (Wildman–Crippen MR) is 99.5 cm³/mol. The van der Waals surface area contributed by atoms with Gasteiger partial charge in [0.05, 0.1) is 11.0 Å². The lowest BCUT2D eigenvalue weighted by Gasteiger charge is -2.25. The Bertz CT molecular complexity index is 942. The van der Waals surface area contributed by atoms with Crippen LogP contribution in [0.25, 0.3) is 16.7 Å². The van der Waals surface area contributed by atoms with Crippen molar-refractivity contribution in [2.24, 2.45) is 0 Å². The van der Waals surface area contributed by atoms with Crippen molar-refractivity contribution in [2.45, 2.75) is 32.2 Å². The zero-order valence-corrected chi connectivity index (χ0v) is 14.8. The number of hydrogen-bond donors (Lipinski definition) is 2. The number of carboxylic acids is 1. The number of benzene rings is 2. The molecule has 0 saturated heterocycles. The molecule has 0 aliphatic carbocycles. The molecule has 0 atom stereocenters. The second-order valence-electron chi connectivity index (χ2n) is 6.88. The normalized spacial score (nSPS) is 11.5. The summed E-state index contributed by atoms with van der Waals surface area (Å²) in [4.78, 5) is 27.5. The topological polar surface area (TPSA) is 84.2 Å². The van der Waals surface area contributed by atoms with Gasteiger partial charge >= 0.3 is 5.97 Å². The van der Waals surface area contributed by atoms with Crippen LogP contribution < -0.4 is 5.32 Å². The van der Waals surface area contributed by atoms with Crippen molar-refractivity contribution in [3.63, 3.8) is 0 Å². The van der Waals surface area contributed by atoms with Crippen molar-refractivity contribution in [2.75, 3.05) is 0 Å². The lowest BCUT2D eigenvalue weighted by molar-refractivity contribution is -0.137. The van der Waals surface area contributed by atoms with E-state index in [0.29, 0.717) is 12.0 Å². The minimum absolute atomic E-state index is 0.0138. The number of nitrogens with one attached hydrogen (secondary N) is 1. The highest BCUT2D eigenvalue weighted by atomic mass is 16.4. The van der Waals surface area contributed by atoms with Crippen LogP contribution in [-0.2, 0) is 4.79 Å². The van der Waals surface area contributed by atoms with Crippen LogP contribution >= 0.6 is 0 Å². The van der Waals surface area contributed by atoms with E-state index in [4.69, 9.17) is 5.11 Å². The number of carboxylic acid groups (broad SMARTS) is 1. The summed E-state index contributed by atoms with van der Waals surface area (Å²) in [6.07, 6.45) is 2.14. The molecule has 3 aromatic rings. The van der Waals surface area contributed by atoms with Gasteiger partial charge in [-0.1, -0.05) is 12.1 Å². The highest BCUT2D eigenvalue weighted by molar-refractivity contribution is 5.95. The summed E-state index contributed by atoms with van der Waals surface area (Å²) in [5.41, 5.74) is 2.77. The number of aromatic nitrogens is 2. The Morgan fingerprint density at radius 3 is 2.50 bits per heavy atom. The summed E-state index contributed by atoms with van der Waals surface area (Å²) in [6, 6.07) is 15.1. The fourth-order valence-corrected chi connectivity index (χ4v) is 2.80. The Morgan fingerprint density at radius 2 is 1.81 bits per heavy atom. The average molecular weight is 351 g/mol. The summed E-state index contributed by atoms with van der Waals surface area (Å²) < 4.78 is 1.97. The maximum atomic E-state index is 12.4. The van der Waals surface area contributed by atoms with E-state index in [9.17, 15) is 9.59 Å². The first kappa shape index (κ1) is 17.7. The summed E-state index contributed by atoms with van der Waals surface area (Å²) in [6.45, 7) is 3.64. The van der Waals surface area contributed by atoms with Gasteiger partial charge in [0.2, 0.25) is 0 Å². The van der Waals surface area contributed by atoms with Gasteiger partial charge in [-0.2, -0.15) is 0 Å². The van der Waals surface area contributed by atoms with Crippen molar-refractivity contribution in [3.05, 3.63) is 60.4 Å². The molecule has 0 aliphatic rings. The first-order valence-corrected chi connectivity index (χ1v) is 8.42. The van der Waals surface area contributed by atoms with Crippen molar-refractivity contribution in [1.82, 2.24) is 14.9 Å². The third-order valence-electron chi connectivity index (χ3n) is 4.28. The molecule has 2 N–H and O–H groups in total. The number of hydrogen-bond acceptors (Lipinski definition) is 3. The van der Waals surface area contributed by atoms with Crippen LogP contribution in [-0.4, -0.2) is 32.1 Å². The summed E-state index contributed by atoms with van der Waals surface area (Å²) in [5, 5.41) is 11.7. The van der Waals surface area contributed by atoms with Gasteiger partial charge in [0, 0.05) is 23.2 Å². The zero-order chi connectivity index (χ0) is 18.7. The van der Waals surface area contributed by atoms with Crippen LogP contribution in [0, 0.1) is 0 Å². The molecule has 0 fully saturated rings. The van der Waals surface area contributed by atoms with Crippen molar-refractivity contribution >= 4 is 22.9 Å². The van der Waals surface area contributed by atoms with Crippen molar-refractivity contribution in [3.8, 4) is 5.69 Å². The number of imidazole rings is 1. The quantitative estimate of drug-likeness (QED) is 0.713. The molecule has 2 aromatic carbocycles. The molecule has 0 unspecified atom stereocenters. The smallest absolute Gasteiger partial charge is 0.303 e. The molecule has 134 valence electrons. The van der Waals surface area contributed by atoms with Crippen LogP contribution in [0.3, 0.4) is 0 Å². The molecule has 0 spiro atoms. The van der Waals surface area contributed by atoms with Crippen LogP contribution in [0.2, 0.25) is 0 Å². The van der Waals surface area contributed by atoms with Crippen molar-refractivity contribution < 1.29 is 14.7 Å². The lowest BCUT2D eigenvalue weighted by atomic mass is 9.97. The van der Waals surface area contributed by atoms with E-state index in [0.717, 1.165) is 16.7 Å². The number of nitrogens with zero attached hydrogens (tertiary/aromatic N) is 2. The van der Waals surface area contributed by atoms with Gasteiger partial charge in [-0.05, 0) is 56.7 Å². The average Bonchev–Trinajstić information content (AvgIpc) is 3.04. The van der Waals surface area contributed by atoms with Gasteiger partial charge in [-0.15, -0.1) is 0 Å². The highest BCUT2D eigenvalue weighted by Crippen LogP contribution is 2.19. The highest BCUT2D eigenvalue weighted by Gasteiger charge is 2.22. The maximum Gasteiger partial charge on any atom is 0.303 e. The van der Waals surface area contributed by atoms with E-state index >= 15 is 0 Å². The third-order valence-corrected chi connectivity index (χ3v) is 4.28. The Hall–Kier alpha value is -3.15. The maximum absolute atomic E-state index is 12.4. The van der Waals surface area contributed by atoms with E-state index in [1.165, 1.54) is 0 Å². The predicted octanol–water partition coefficient (Wildman–Crippen LogP) is 3.40. The van der Waals surface area contributed by atoms with Crippen LogP contribution in [0.5, 0.6) is 0 Å². The number of fused-ring (bicyclic) bond motifs is 1. The molecule has 0 aliphatic heterocycles. The van der Waals surface area contributed by atoms with Gasteiger partial charge in [-0.3, -0.25) is 14.2 Å². The van der Waals surface area contributed by atoms with Crippen LogP contribution in [0.1, 0.15) is 37.0 Å². The second-order valence-corrected chi connectivity index (χ2v) is 6.88. The van der Waals surface area contributed by atoms with E-state index in [1.807, 2.05) is 54.8 Å². The van der Waals surface area contributed by atoms with Gasteiger partial charge in [0.15, 0.2) is 0 Å². The van der Waals surface area contributed by atoms with E-state index in [-0.39, 0.29) is 12.3 Å². The molecule has 0 radical (unpaired) electrons. The van der Waals surface area contributed by atoms with Crippen molar-refractivity contribution in [1.29, 1.82) is 0 Å². The molecule has 26 heavy (non-hydrogen) atoms. The molecule has 6 nitrogen and oxygen atoms in total. The molecule has 1 amide bonds. The van der Waals surface area contributed by atoms with E-state index < -0.39 is 11.5 Å². The standard InChI is InChI=1S/C20H21N3O3/c1-20(2,12-11-18(24)25)22-19(26)14-7-9-15(10-8-14)23-13-21-16-5-3-4-6-17(16)23/h3-10,13H,11-12H2,1-2H3,(H,22,26)(H,24,25). The Balaban J connectivity index is 1.75. The van der Waals surface area contributed by atoms with Gasteiger partial charge < -0.3 is 10.4 Å². The number of para-hydroxylation sites is 2. The SMILES string of the molecule is CC(C)(CCC(=O)O)NC(=O)c1ccc(-n2cnc3ccccc32)cc1. The number of amides is 1. The first-order valence-electron chi connectivity index (χ1n) is 8.42. The number of rotatable bonds is 6. The fraction of sp³-hybridized carbons (Fsp3) is 0.250. The largest absolute Gasteiger partial charge is 0.481 e. The van der Waals surface area contributed by atoms with Gasteiger partial charge in [-0.25, -0.2) is 4.98 Å². The number of carbonyl (C=O) groups excluding carboxylic acids is 1. The van der Waals surface area contributed by atoms with Gasteiger partial charge in [0.1, 0.15) is 6.33 Å². The zero-order valence-electron chi connectivity index (χ0n) is 14.8. The van der Waals surface area contributed by atoms with Crippen LogP contribution in [0.4, 0.5) is 0 Å². The molecular formula is C20H21N3O3. The molecule has 6 heteroatoms. The Morgan fingerprint density at radius 1 is 1.12 bits per heavy atom. The second kappa shape index (κ2) is 7.00. The minimum atomic E-state index is -0.871. The lowest BCUT2D eigenvalue weighted by Crippen LogP contribution is -2.43. The molecule has 1 heterocycles. The molecule has 0 bridgehead atoms. The number of carbonyl (C=O) groups is 2. The van der Waals surface area contributed by atoms with E-state index in [1.54, 1.807) is 18.5 Å². The number of aliphatic carboxylic acids is 1. The Labute approximate surface area is 151 Å². The Kier molecular flexibility index (Phi) is 4.75. The molecular weight excluding hydrogens is 330 g/mol. The first-order chi connectivity index (χ1) is 12.4. The minimum Gasteiger partial charge on any atom is -0.481 e. The molecule has 3 rings (SSSR count). The molecule has 0 saturated carbocycles. The molecule has 1 aromatic heterocycles. The third kappa shape index (κ3) is 3.91.